The van der Waals surface area contributed by atoms with Crippen molar-refractivity contribution < 1.29 is 9.15 Å². The van der Waals surface area contributed by atoms with Gasteiger partial charge in [0.15, 0.2) is 0 Å². The van der Waals surface area contributed by atoms with Crippen molar-refractivity contribution >= 4 is 51.4 Å². The maximum Gasteiger partial charge on any atom is 0.361 e. The molecule has 0 saturated carbocycles. The van der Waals surface area contributed by atoms with Gasteiger partial charge < -0.3 is 4.74 Å². The molecule has 178 valence electrons. The highest BCUT2D eigenvalue weighted by molar-refractivity contribution is 8.08. The van der Waals surface area contributed by atoms with Crippen molar-refractivity contribution in [3.05, 3.63) is 143 Å². The Kier molecular flexibility index (Phi) is 6.45. The van der Waals surface area contributed by atoms with Crippen molar-refractivity contribution in [2.24, 2.45) is 0 Å². The second kappa shape index (κ2) is 10.3. The van der Waals surface area contributed by atoms with Crippen LogP contribution in [-0.2, 0) is 0 Å². The monoisotopic (exact) mass is 497 g/mol. The van der Waals surface area contributed by atoms with Crippen molar-refractivity contribution in [1.82, 2.24) is 0 Å². The summed E-state index contributed by atoms with van der Waals surface area (Å²) in [5.41, 5.74) is 6.72. The summed E-state index contributed by atoms with van der Waals surface area (Å²) in [6, 6.07) is 37.5. The van der Waals surface area contributed by atoms with Gasteiger partial charge >= 0.3 is 11.3 Å². The van der Waals surface area contributed by atoms with Gasteiger partial charge in [-0.25, -0.2) is 4.42 Å². The summed E-state index contributed by atoms with van der Waals surface area (Å²) in [6.45, 7) is 0. The van der Waals surface area contributed by atoms with Gasteiger partial charge in [0, 0.05) is 27.5 Å². The maximum absolute atomic E-state index is 6.26. The molecule has 6 rings (SSSR count). The van der Waals surface area contributed by atoms with Gasteiger partial charge in [-0.2, -0.15) is 0 Å². The number of thioether (sulfide) groups is 1. The van der Waals surface area contributed by atoms with Crippen LogP contribution in [0.1, 0.15) is 28.0 Å². The minimum Gasteiger partial charge on any atom is -0.497 e. The Morgan fingerprint density at radius 2 is 1.51 bits per heavy atom. The predicted molar refractivity (Wildman–Crippen MR) is 157 cm³/mol. The number of methoxy groups -OCH3 is 1. The van der Waals surface area contributed by atoms with Crippen LogP contribution >= 0.6 is 11.8 Å². The molecule has 0 radical (unpaired) electrons. The van der Waals surface area contributed by atoms with E-state index in [1.165, 1.54) is 26.5 Å². The van der Waals surface area contributed by atoms with E-state index in [-0.39, 0.29) is 0 Å². The maximum atomic E-state index is 6.26. The highest BCUT2D eigenvalue weighted by atomic mass is 32.2. The molecule has 4 aromatic carbocycles. The molecule has 0 fully saturated rings. The zero-order chi connectivity index (χ0) is 25.0. The normalized spacial score (nSPS) is 14.1. The minimum atomic E-state index is 0.798. The molecule has 2 nitrogen and oxygen atoms in total. The quantitative estimate of drug-likeness (QED) is 0.226. The van der Waals surface area contributed by atoms with Crippen molar-refractivity contribution in [3.63, 3.8) is 0 Å². The molecule has 0 amide bonds. The largest absolute Gasteiger partial charge is 0.497 e. The molecule has 5 aromatic rings. The average Bonchev–Trinajstić information content (AvgIpc) is 2.97. The van der Waals surface area contributed by atoms with Crippen molar-refractivity contribution in [1.29, 1.82) is 0 Å². The molecule has 1 aliphatic rings. The molecule has 0 aliphatic carbocycles. The van der Waals surface area contributed by atoms with E-state index in [0.717, 1.165) is 33.6 Å². The summed E-state index contributed by atoms with van der Waals surface area (Å²) in [4.78, 5) is 2.51. The van der Waals surface area contributed by atoms with E-state index in [2.05, 4.69) is 91.0 Å². The molecule has 3 heteroatoms. The lowest BCUT2D eigenvalue weighted by molar-refractivity contribution is 0.415. The van der Waals surface area contributed by atoms with E-state index in [9.17, 15) is 0 Å². The van der Waals surface area contributed by atoms with Crippen molar-refractivity contribution in [2.75, 3.05) is 7.11 Å². The first kappa shape index (κ1) is 23.1. The standard InChI is InChI=1S/C34H25O2S/c1-35-28-18-15-24(16-19-28)17-20-29-22-26(30-11-5-7-13-32(30)36-29)21-27-23-34(25-9-3-2-4-10-25)37-33-14-8-6-12-31(27)33/h2-23H,1H3/q+1. The Hall–Kier alpha value is -4.34. The zero-order valence-electron chi connectivity index (χ0n) is 20.4. The zero-order valence-corrected chi connectivity index (χ0v) is 21.2. The minimum absolute atomic E-state index is 0.798. The van der Waals surface area contributed by atoms with Crippen LogP contribution in [0.15, 0.2) is 125 Å². The van der Waals surface area contributed by atoms with E-state index in [0.29, 0.717) is 0 Å². The number of ether oxygens (including phenoxy) is 1. The highest BCUT2D eigenvalue weighted by Crippen LogP contribution is 2.45. The SMILES string of the molecule is COc1ccc(C=Cc2cc(C=C3C=C(c4ccccc4)Sc4ccccc43)c3ccccc3[o+]2)cc1. The fourth-order valence-corrected chi connectivity index (χ4v) is 5.59. The van der Waals surface area contributed by atoms with Crippen molar-refractivity contribution in [2.45, 2.75) is 4.90 Å². The molecule has 0 bridgehead atoms. The van der Waals surface area contributed by atoms with Crippen LogP contribution in [0.2, 0.25) is 0 Å². The molecular weight excluding hydrogens is 472 g/mol. The Balaban J connectivity index is 1.46. The second-order valence-corrected chi connectivity index (χ2v) is 9.86. The molecule has 0 atom stereocenters. The fraction of sp³-hybridized carbons (Fsp3) is 0.0294. The number of rotatable bonds is 5. The van der Waals surface area contributed by atoms with Gasteiger partial charge in [0.05, 0.1) is 18.6 Å². The van der Waals surface area contributed by atoms with E-state index in [4.69, 9.17) is 9.15 Å². The summed E-state index contributed by atoms with van der Waals surface area (Å²) in [6.07, 6.45) is 8.66. The number of hydrogen-bond acceptors (Lipinski definition) is 2. The molecule has 0 saturated heterocycles. The van der Waals surface area contributed by atoms with Gasteiger partial charge in [-0.3, -0.25) is 0 Å². The molecule has 1 aliphatic heterocycles. The third-order valence-electron chi connectivity index (χ3n) is 6.35. The summed E-state index contributed by atoms with van der Waals surface area (Å²) < 4.78 is 11.5. The van der Waals surface area contributed by atoms with Crippen molar-refractivity contribution in [3.8, 4) is 5.75 Å². The predicted octanol–water partition coefficient (Wildman–Crippen LogP) is 9.58. The van der Waals surface area contributed by atoms with Gasteiger partial charge in [0.1, 0.15) is 5.75 Å². The Morgan fingerprint density at radius 3 is 2.35 bits per heavy atom. The van der Waals surface area contributed by atoms with Gasteiger partial charge in [-0.1, -0.05) is 84.6 Å². The topological polar surface area (TPSA) is 20.5 Å². The van der Waals surface area contributed by atoms with Gasteiger partial charge in [-0.05, 0) is 64.8 Å². The van der Waals surface area contributed by atoms with Crippen LogP contribution in [0.5, 0.6) is 5.75 Å². The lowest BCUT2D eigenvalue weighted by Gasteiger charge is -2.19. The first-order valence-electron chi connectivity index (χ1n) is 12.2. The first-order chi connectivity index (χ1) is 18.3. The average molecular weight is 498 g/mol. The first-order valence-corrected chi connectivity index (χ1v) is 13.0. The van der Waals surface area contributed by atoms with Gasteiger partial charge in [0.25, 0.3) is 0 Å². The number of para-hydroxylation sites is 1. The summed E-state index contributed by atoms with van der Waals surface area (Å²) in [5.74, 6) is 1.64. The van der Waals surface area contributed by atoms with Crippen LogP contribution in [0.3, 0.4) is 0 Å². The molecule has 2 heterocycles. The Bertz CT molecular complexity index is 1660. The van der Waals surface area contributed by atoms with E-state index in [1.807, 2.05) is 54.2 Å². The Morgan fingerprint density at radius 1 is 0.757 bits per heavy atom. The third-order valence-corrected chi connectivity index (χ3v) is 7.50. The van der Waals surface area contributed by atoms with Crippen LogP contribution in [0, 0.1) is 0 Å². The number of benzene rings is 4. The summed E-state index contributed by atoms with van der Waals surface area (Å²) >= 11 is 1.82. The molecule has 0 spiro atoms. The number of hydrogen-bond donors (Lipinski definition) is 0. The van der Waals surface area contributed by atoms with Crippen LogP contribution in [0.4, 0.5) is 0 Å². The lowest BCUT2D eigenvalue weighted by atomic mass is 9.98. The van der Waals surface area contributed by atoms with E-state index in [1.54, 1.807) is 7.11 Å². The molecule has 37 heavy (non-hydrogen) atoms. The van der Waals surface area contributed by atoms with Gasteiger partial charge in [0.2, 0.25) is 0 Å². The molecule has 0 N–H and O–H groups in total. The highest BCUT2D eigenvalue weighted by Gasteiger charge is 2.19. The van der Waals surface area contributed by atoms with Crippen LogP contribution in [-0.4, -0.2) is 7.11 Å². The molecular formula is C34H25O2S+. The third kappa shape index (κ3) is 5.00. The number of fused-ring (bicyclic) bond motifs is 2. The van der Waals surface area contributed by atoms with E-state index >= 15 is 0 Å². The Labute approximate surface area is 221 Å². The van der Waals surface area contributed by atoms with E-state index < -0.39 is 0 Å². The van der Waals surface area contributed by atoms with Gasteiger partial charge in [-0.15, -0.1) is 0 Å². The van der Waals surface area contributed by atoms with Crippen LogP contribution < -0.4 is 4.74 Å². The fourth-order valence-electron chi connectivity index (χ4n) is 4.47. The second-order valence-electron chi connectivity index (χ2n) is 8.78. The lowest BCUT2D eigenvalue weighted by Crippen LogP contribution is -1.94. The smallest absolute Gasteiger partial charge is 0.361 e. The summed E-state index contributed by atoms with van der Waals surface area (Å²) in [7, 11) is 1.68. The number of allylic oxidation sites excluding steroid dienone is 2. The molecule has 1 aromatic heterocycles. The van der Waals surface area contributed by atoms with Crippen LogP contribution in [0.25, 0.3) is 39.7 Å². The molecule has 0 unspecified atom stereocenters. The summed E-state index contributed by atoms with van der Waals surface area (Å²) in [5, 5.41) is 1.09.